The second-order valence-corrected chi connectivity index (χ2v) is 5.69. The third-order valence-electron chi connectivity index (χ3n) is 3.71. The lowest BCUT2D eigenvalue weighted by Gasteiger charge is -2.12. The number of rotatable bonds is 5. The molecule has 3 rings (SSSR count). The smallest absolute Gasteiger partial charge is 0.361 e. The summed E-state index contributed by atoms with van der Waals surface area (Å²) >= 11 is 0. The van der Waals surface area contributed by atoms with Gasteiger partial charge in [0.05, 0.1) is 0 Å². The second kappa shape index (κ2) is 7.65. The molecule has 1 N–H and O–H groups in total. The van der Waals surface area contributed by atoms with Gasteiger partial charge in [0.15, 0.2) is 11.8 Å². The third kappa shape index (κ3) is 3.97. The number of carbonyl (C=O) groups is 2. The number of aromatic nitrogens is 1. The quantitative estimate of drug-likeness (QED) is 0.707. The number of hydrogen-bond donors (Lipinski definition) is 1. The van der Waals surface area contributed by atoms with E-state index in [2.05, 4.69) is 10.3 Å². The standard InChI is InChI=1S/C20H18N2O4/c1-13-17(22-19(25-13)15-9-5-3-6-10-15)20(24)26-14(2)18(23)21-16-11-7-4-8-12-16/h3-12,14H,1-2H3,(H,21,23)/t14-/m0/s1. The molecule has 6 nitrogen and oxygen atoms in total. The number of esters is 1. The number of aryl methyl sites for hydroxylation is 1. The zero-order chi connectivity index (χ0) is 18.5. The summed E-state index contributed by atoms with van der Waals surface area (Å²) < 4.78 is 10.8. The Morgan fingerprint density at radius 1 is 1.04 bits per heavy atom. The van der Waals surface area contributed by atoms with Crippen LogP contribution < -0.4 is 5.32 Å². The molecule has 1 amide bonds. The highest BCUT2D eigenvalue weighted by Crippen LogP contribution is 2.22. The molecule has 0 spiro atoms. The fourth-order valence-corrected chi connectivity index (χ4v) is 2.33. The van der Waals surface area contributed by atoms with Gasteiger partial charge in [0.25, 0.3) is 5.91 Å². The molecule has 0 fully saturated rings. The molecule has 1 atom stereocenters. The molecule has 0 bridgehead atoms. The first kappa shape index (κ1) is 17.4. The number of hydrogen-bond acceptors (Lipinski definition) is 5. The number of anilines is 1. The van der Waals surface area contributed by atoms with Crippen LogP contribution in [0.1, 0.15) is 23.2 Å². The average Bonchev–Trinajstić information content (AvgIpc) is 3.05. The molecule has 0 aliphatic carbocycles. The highest BCUT2D eigenvalue weighted by molar-refractivity contribution is 5.97. The average molecular weight is 350 g/mol. The summed E-state index contributed by atoms with van der Waals surface area (Å²) in [6.07, 6.45) is -0.973. The van der Waals surface area contributed by atoms with Crippen LogP contribution in [0.5, 0.6) is 0 Å². The van der Waals surface area contributed by atoms with Crippen molar-refractivity contribution in [2.45, 2.75) is 20.0 Å². The van der Waals surface area contributed by atoms with Gasteiger partial charge in [-0.05, 0) is 38.1 Å². The summed E-state index contributed by atoms with van der Waals surface area (Å²) in [5.41, 5.74) is 1.44. The SMILES string of the molecule is Cc1oc(-c2ccccc2)nc1C(=O)O[C@@H](C)C(=O)Nc1ccccc1. The first-order chi connectivity index (χ1) is 12.5. The molecule has 1 heterocycles. The number of carbonyl (C=O) groups excluding carboxylic acids is 2. The van der Waals surface area contributed by atoms with Crippen molar-refractivity contribution >= 4 is 17.6 Å². The molecule has 26 heavy (non-hydrogen) atoms. The van der Waals surface area contributed by atoms with E-state index in [0.717, 1.165) is 5.56 Å². The van der Waals surface area contributed by atoms with Crippen LogP contribution in [0, 0.1) is 6.92 Å². The first-order valence-electron chi connectivity index (χ1n) is 8.14. The van der Waals surface area contributed by atoms with Crippen molar-refractivity contribution < 1.29 is 18.7 Å². The maximum absolute atomic E-state index is 12.4. The van der Waals surface area contributed by atoms with E-state index < -0.39 is 18.0 Å². The minimum absolute atomic E-state index is 0.0585. The number of oxazole rings is 1. The van der Waals surface area contributed by atoms with Crippen LogP contribution >= 0.6 is 0 Å². The molecule has 0 aliphatic heterocycles. The van der Waals surface area contributed by atoms with E-state index in [9.17, 15) is 9.59 Å². The van der Waals surface area contributed by atoms with Gasteiger partial charge in [0.1, 0.15) is 5.76 Å². The van der Waals surface area contributed by atoms with Crippen molar-refractivity contribution in [2.75, 3.05) is 5.32 Å². The minimum atomic E-state index is -0.973. The summed E-state index contributed by atoms with van der Waals surface area (Å²) in [5.74, 6) is -0.459. The van der Waals surface area contributed by atoms with E-state index in [1.165, 1.54) is 6.92 Å². The van der Waals surface area contributed by atoms with Crippen molar-refractivity contribution in [3.05, 3.63) is 72.1 Å². The number of ether oxygens (including phenoxy) is 1. The zero-order valence-corrected chi connectivity index (χ0v) is 14.4. The van der Waals surface area contributed by atoms with Gasteiger partial charge in [0.2, 0.25) is 5.89 Å². The van der Waals surface area contributed by atoms with E-state index in [-0.39, 0.29) is 5.69 Å². The molecular weight excluding hydrogens is 332 g/mol. The summed E-state index contributed by atoms with van der Waals surface area (Å²) in [6.45, 7) is 3.13. The molecule has 6 heteroatoms. The maximum Gasteiger partial charge on any atom is 0.361 e. The van der Waals surface area contributed by atoms with E-state index >= 15 is 0 Å². The number of benzene rings is 2. The second-order valence-electron chi connectivity index (χ2n) is 5.69. The molecule has 1 aromatic heterocycles. The minimum Gasteiger partial charge on any atom is -0.448 e. The molecular formula is C20H18N2O4. The number of nitrogens with one attached hydrogen (secondary N) is 1. The molecule has 2 aromatic carbocycles. The Kier molecular flexibility index (Phi) is 5.12. The van der Waals surface area contributed by atoms with Gasteiger partial charge < -0.3 is 14.5 Å². The Morgan fingerprint density at radius 3 is 2.31 bits per heavy atom. The predicted molar refractivity (Wildman–Crippen MR) is 96.6 cm³/mol. The van der Waals surface area contributed by atoms with Gasteiger partial charge in [0, 0.05) is 11.3 Å². The lowest BCUT2D eigenvalue weighted by molar-refractivity contribution is -0.123. The summed E-state index contributed by atoms with van der Waals surface area (Å²) in [6, 6.07) is 18.2. The fraction of sp³-hybridized carbons (Fsp3) is 0.150. The molecule has 3 aromatic rings. The Bertz CT molecular complexity index is 904. The Labute approximate surface area is 150 Å². The van der Waals surface area contributed by atoms with Crippen molar-refractivity contribution in [3.63, 3.8) is 0 Å². The van der Waals surface area contributed by atoms with Crippen LogP contribution in [0.2, 0.25) is 0 Å². The van der Waals surface area contributed by atoms with Gasteiger partial charge in [-0.3, -0.25) is 4.79 Å². The van der Waals surface area contributed by atoms with E-state index in [0.29, 0.717) is 17.3 Å². The molecule has 0 aliphatic rings. The first-order valence-corrected chi connectivity index (χ1v) is 8.14. The van der Waals surface area contributed by atoms with Crippen LogP contribution in [0.15, 0.2) is 65.1 Å². The van der Waals surface area contributed by atoms with Crippen LogP contribution in [0.4, 0.5) is 5.69 Å². The Balaban J connectivity index is 1.68. The number of nitrogens with zero attached hydrogens (tertiary/aromatic N) is 1. The fourth-order valence-electron chi connectivity index (χ4n) is 2.33. The van der Waals surface area contributed by atoms with Crippen LogP contribution in [0.3, 0.4) is 0 Å². The van der Waals surface area contributed by atoms with Gasteiger partial charge in [-0.15, -0.1) is 0 Å². The summed E-state index contributed by atoms with van der Waals surface area (Å²) in [5, 5.41) is 2.68. The van der Waals surface area contributed by atoms with E-state index in [1.807, 2.05) is 36.4 Å². The topological polar surface area (TPSA) is 81.4 Å². The van der Waals surface area contributed by atoms with Gasteiger partial charge in [-0.2, -0.15) is 0 Å². The molecule has 0 saturated heterocycles. The van der Waals surface area contributed by atoms with Crippen molar-refractivity contribution in [3.8, 4) is 11.5 Å². The molecule has 0 saturated carbocycles. The molecule has 0 unspecified atom stereocenters. The highest BCUT2D eigenvalue weighted by Gasteiger charge is 2.24. The van der Waals surface area contributed by atoms with E-state index in [1.54, 1.807) is 31.2 Å². The van der Waals surface area contributed by atoms with Crippen LogP contribution in [0.25, 0.3) is 11.5 Å². The monoisotopic (exact) mass is 350 g/mol. The van der Waals surface area contributed by atoms with Crippen molar-refractivity contribution in [1.82, 2.24) is 4.98 Å². The van der Waals surface area contributed by atoms with Crippen LogP contribution in [-0.4, -0.2) is 23.0 Å². The van der Waals surface area contributed by atoms with E-state index in [4.69, 9.17) is 9.15 Å². The zero-order valence-electron chi connectivity index (χ0n) is 14.4. The number of para-hydroxylation sites is 1. The normalized spacial score (nSPS) is 11.6. The maximum atomic E-state index is 12.4. The molecule has 0 radical (unpaired) electrons. The Hall–Kier alpha value is -3.41. The lowest BCUT2D eigenvalue weighted by atomic mass is 10.2. The van der Waals surface area contributed by atoms with Gasteiger partial charge >= 0.3 is 5.97 Å². The summed E-state index contributed by atoms with van der Waals surface area (Å²) in [7, 11) is 0. The Morgan fingerprint density at radius 2 is 1.65 bits per heavy atom. The third-order valence-corrected chi connectivity index (χ3v) is 3.71. The summed E-state index contributed by atoms with van der Waals surface area (Å²) in [4.78, 5) is 28.7. The predicted octanol–water partition coefficient (Wildman–Crippen LogP) is 3.83. The lowest BCUT2D eigenvalue weighted by Crippen LogP contribution is -2.30. The largest absolute Gasteiger partial charge is 0.448 e. The van der Waals surface area contributed by atoms with Gasteiger partial charge in [-0.1, -0.05) is 36.4 Å². The van der Waals surface area contributed by atoms with Crippen molar-refractivity contribution in [1.29, 1.82) is 0 Å². The molecule has 132 valence electrons. The highest BCUT2D eigenvalue weighted by atomic mass is 16.5. The number of amides is 1. The van der Waals surface area contributed by atoms with Gasteiger partial charge in [-0.25, -0.2) is 9.78 Å². The van der Waals surface area contributed by atoms with Crippen LogP contribution in [-0.2, 0) is 9.53 Å². The van der Waals surface area contributed by atoms with Crippen molar-refractivity contribution in [2.24, 2.45) is 0 Å².